The second kappa shape index (κ2) is 5.13. The van der Waals surface area contributed by atoms with E-state index in [1.54, 1.807) is 12.3 Å². The number of carbonyl (C=O) groups excluding carboxylic acids is 1. The molecule has 0 spiro atoms. The average molecular weight is 249 g/mol. The molecule has 0 radical (unpaired) electrons. The van der Waals surface area contributed by atoms with Gasteiger partial charge < -0.3 is 10.3 Å². The number of hydrogen-bond acceptors (Lipinski definition) is 4. The third-order valence-corrected chi connectivity index (χ3v) is 2.20. The second-order valence-electron chi connectivity index (χ2n) is 3.65. The van der Waals surface area contributed by atoms with E-state index in [9.17, 15) is 14.4 Å². The Balaban J connectivity index is 1.94. The summed E-state index contributed by atoms with van der Waals surface area (Å²) in [5.74, 6) is -0.300. The first kappa shape index (κ1) is 11.8. The Morgan fingerprint density at radius 1 is 1.28 bits per heavy atom. The van der Waals surface area contributed by atoms with Gasteiger partial charge in [0.05, 0.1) is 18.7 Å². The first-order valence-corrected chi connectivity index (χ1v) is 5.21. The molecule has 8 nitrogen and oxygen atoms in total. The quantitative estimate of drug-likeness (QED) is 0.534. The first-order valence-electron chi connectivity index (χ1n) is 5.21. The number of aromatic amines is 3. The maximum absolute atomic E-state index is 11.6. The van der Waals surface area contributed by atoms with E-state index in [1.807, 2.05) is 4.98 Å². The molecule has 0 aliphatic carbocycles. The van der Waals surface area contributed by atoms with Crippen LogP contribution in [0.2, 0.25) is 0 Å². The second-order valence-corrected chi connectivity index (χ2v) is 3.65. The summed E-state index contributed by atoms with van der Waals surface area (Å²) in [5, 5.41) is 9.06. The lowest BCUT2D eigenvalue weighted by atomic mass is 10.3. The van der Waals surface area contributed by atoms with Crippen LogP contribution in [0, 0.1) is 0 Å². The predicted octanol–water partition coefficient (Wildman–Crippen LogP) is -1.35. The van der Waals surface area contributed by atoms with Gasteiger partial charge in [0.25, 0.3) is 5.56 Å². The van der Waals surface area contributed by atoms with Crippen molar-refractivity contribution < 1.29 is 4.79 Å². The van der Waals surface area contributed by atoms with Gasteiger partial charge in [0.2, 0.25) is 5.91 Å². The Morgan fingerprint density at radius 3 is 2.78 bits per heavy atom. The zero-order chi connectivity index (χ0) is 13.0. The lowest BCUT2D eigenvalue weighted by Gasteiger charge is -2.03. The summed E-state index contributed by atoms with van der Waals surface area (Å²) in [6.07, 6.45) is 1.52. The number of carbonyl (C=O) groups is 1. The van der Waals surface area contributed by atoms with Crippen molar-refractivity contribution >= 4 is 5.91 Å². The molecule has 0 fully saturated rings. The van der Waals surface area contributed by atoms with E-state index in [0.29, 0.717) is 6.54 Å². The maximum atomic E-state index is 11.6. The molecule has 94 valence electrons. The van der Waals surface area contributed by atoms with Crippen molar-refractivity contribution in [2.24, 2.45) is 0 Å². The monoisotopic (exact) mass is 249 g/mol. The third kappa shape index (κ3) is 3.17. The van der Waals surface area contributed by atoms with Gasteiger partial charge in [0.1, 0.15) is 0 Å². The highest BCUT2D eigenvalue weighted by atomic mass is 16.2. The minimum Gasteiger partial charge on any atom is -0.350 e. The molecule has 0 saturated carbocycles. The van der Waals surface area contributed by atoms with Crippen LogP contribution in [0.4, 0.5) is 0 Å². The Morgan fingerprint density at radius 2 is 2.11 bits per heavy atom. The van der Waals surface area contributed by atoms with E-state index in [1.165, 1.54) is 6.07 Å². The fourth-order valence-corrected chi connectivity index (χ4v) is 1.43. The summed E-state index contributed by atoms with van der Waals surface area (Å²) in [7, 11) is 0. The van der Waals surface area contributed by atoms with E-state index in [2.05, 4.69) is 20.5 Å². The van der Waals surface area contributed by atoms with Crippen LogP contribution in [-0.2, 0) is 17.8 Å². The molecule has 1 amide bonds. The van der Waals surface area contributed by atoms with Gasteiger partial charge in [-0.05, 0) is 6.07 Å². The highest BCUT2D eigenvalue weighted by Gasteiger charge is 2.05. The topological polar surface area (TPSA) is 124 Å². The summed E-state index contributed by atoms with van der Waals surface area (Å²) >= 11 is 0. The fraction of sp³-hybridized carbons (Fsp3) is 0.200. The molecule has 2 aromatic rings. The van der Waals surface area contributed by atoms with Crippen LogP contribution in [0.1, 0.15) is 11.4 Å². The number of rotatable bonds is 4. The molecular formula is C10H11N5O3. The molecule has 18 heavy (non-hydrogen) atoms. The molecule has 8 heteroatoms. The minimum atomic E-state index is -0.626. The molecule has 2 rings (SSSR count). The van der Waals surface area contributed by atoms with Gasteiger partial charge >= 0.3 is 5.69 Å². The van der Waals surface area contributed by atoms with Gasteiger partial charge in [-0.25, -0.2) is 4.79 Å². The van der Waals surface area contributed by atoms with Crippen LogP contribution in [-0.4, -0.2) is 26.1 Å². The number of amides is 1. The smallest absolute Gasteiger partial charge is 0.325 e. The van der Waals surface area contributed by atoms with E-state index in [4.69, 9.17) is 0 Å². The van der Waals surface area contributed by atoms with Crippen molar-refractivity contribution in [2.45, 2.75) is 13.0 Å². The van der Waals surface area contributed by atoms with E-state index < -0.39 is 11.2 Å². The summed E-state index contributed by atoms with van der Waals surface area (Å²) in [6.45, 7) is 0.312. The first-order chi connectivity index (χ1) is 8.63. The zero-order valence-corrected chi connectivity index (χ0v) is 9.32. The molecule has 0 atom stereocenters. The van der Waals surface area contributed by atoms with Gasteiger partial charge in [0.15, 0.2) is 0 Å². The van der Waals surface area contributed by atoms with Crippen LogP contribution in [0.5, 0.6) is 0 Å². The molecular weight excluding hydrogens is 238 g/mol. The van der Waals surface area contributed by atoms with Crippen molar-refractivity contribution in [3.8, 4) is 0 Å². The van der Waals surface area contributed by atoms with Gasteiger partial charge in [-0.1, -0.05) is 0 Å². The number of nitrogens with zero attached hydrogens (tertiary/aromatic N) is 1. The average Bonchev–Trinajstić information content (AvgIpc) is 2.77. The van der Waals surface area contributed by atoms with E-state index in [-0.39, 0.29) is 18.0 Å². The van der Waals surface area contributed by atoms with Crippen LogP contribution in [0.3, 0.4) is 0 Å². The number of H-pyrrole nitrogens is 3. The van der Waals surface area contributed by atoms with Gasteiger partial charge in [-0.2, -0.15) is 5.10 Å². The molecule has 0 bridgehead atoms. The summed E-state index contributed by atoms with van der Waals surface area (Å²) < 4.78 is 0. The Labute approximate surface area is 100 Å². The standard InChI is InChI=1S/C10H11N5O3/c16-8(11-5-6-1-2-12-15-6)3-7-4-9(17)14-10(18)13-7/h1-2,4H,3,5H2,(H,11,16)(H,12,15)(H2,13,14,17,18). The number of hydrogen-bond donors (Lipinski definition) is 4. The predicted molar refractivity (Wildman–Crippen MR) is 61.8 cm³/mol. The van der Waals surface area contributed by atoms with Gasteiger partial charge in [-0.15, -0.1) is 0 Å². The molecule has 2 aromatic heterocycles. The zero-order valence-electron chi connectivity index (χ0n) is 9.32. The summed E-state index contributed by atoms with van der Waals surface area (Å²) in [6, 6.07) is 2.91. The van der Waals surface area contributed by atoms with Crippen molar-refractivity contribution in [1.29, 1.82) is 0 Å². The molecule has 0 unspecified atom stereocenters. The van der Waals surface area contributed by atoms with Crippen molar-refractivity contribution in [1.82, 2.24) is 25.5 Å². The number of aromatic nitrogens is 4. The van der Waals surface area contributed by atoms with Crippen molar-refractivity contribution in [2.75, 3.05) is 0 Å². The van der Waals surface area contributed by atoms with Crippen molar-refractivity contribution in [3.05, 3.63) is 50.6 Å². The normalized spacial score (nSPS) is 10.2. The highest BCUT2D eigenvalue weighted by molar-refractivity contribution is 5.77. The van der Waals surface area contributed by atoms with E-state index >= 15 is 0 Å². The molecule has 0 aromatic carbocycles. The largest absolute Gasteiger partial charge is 0.350 e. The maximum Gasteiger partial charge on any atom is 0.325 e. The Hall–Kier alpha value is -2.64. The fourth-order valence-electron chi connectivity index (χ4n) is 1.43. The minimum absolute atomic E-state index is 0.0622. The SMILES string of the molecule is O=C(Cc1cc(=O)[nH]c(=O)[nH]1)NCc1ccn[nH]1. The Bertz CT molecular complexity index is 612. The van der Waals surface area contributed by atoms with Crippen molar-refractivity contribution in [3.63, 3.8) is 0 Å². The van der Waals surface area contributed by atoms with Crippen LogP contribution < -0.4 is 16.6 Å². The highest BCUT2D eigenvalue weighted by Crippen LogP contribution is 1.92. The lowest BCUT2D eigenvalue weighted by Crippen LogP contribution is -2.28. The molecule has 0 saturated heterocycles. The van der Waals surface area contributed by atoms with E-state index in [0.717, 1.165) is 5.69 Å². The lowest BCUT2D eigenvalue weighted by molar-refractivity contribution is -0.120. The number of nitrogens with one attached hydrogen (secondary N) is 4. The van der Waals surface area contributed by atoms with Gasteiger partial charge in [-0.3, -0.25) is 19.7 Å². The van der Waals surface area contributed by atoms with Crippen LogP contribution in [0.25, 0.3) is 0 Å². The summed E-state index contributed by atoms with van der Waals surface area (Å²) in [4.78, 5) is 38.0. The van der Waals surface area contributed by atoms with Gasteiger partial charge in [0, 0.05) is 18.0 Å². The molecule has 0 aliphatic heterocycles. The molecule has 2 heterocycles. The summed E-state index contributed by atoms with van der Waals surface area (Å²) in [5.41, 5.74) is -0.123. The molecule has 0 aliphatic rings. The molecule has 4 N–H and O–H groups in total. The van der Waals surface area contributed by atoms with Crippen LogP contribution in [0.15, 0.2) is 27.9 Å². The Kier molecular flexibility index (Phi) is 3.37. The van der Waals surface area contributed by atoms with Crippen LogP contribution >= 0.6 is 0 Å². The third-order valence-electron chi connectivity index (χ3n) is 2.20.